The Morgan fingerprint density at radius 3 is 3.18 bits per heavy atom. The highest BCUT2D eigenvalue weighted by Gasteiger charge is 2.37. The highest BCUT2D eigenvalue weighted by molar-refractivity contribution is 5.74. The van der Waals surface area contributed by atoms with Crippen molar-refractivity contribution in [3.8, 4) is 0 Å². The van der Waals surface area contributed by atoms with Crippen molar-refractivity contribution >= 4 is 5.97 Å². The number of pyridine rings is 1. The van der Waals surface area contributed by atoms with Gasteiger partial charge in [0, 0.05) is 25.2 Å². The first-order valence-corrected chi connectivity index (χ1v) is 5.71. The van der Waals surface area contributed by atoms with Crippen LogP contribution in [0.3, 0.4) is 0 Å². The average molecular weight is 238 g/mol. The zero-order chi connectivity index (χ0) is 12.3. The van der Waals surface area contributed by atoms with Gasteiger partial charge >= 0.3 is 5.97 Å². The molecule has 2 rings (SSSR count). The van der Waals surface area contributed by atoms with Crippen LogP contribution in [0.4, 0.5) is 4.39 Å². The summed E-state index contributed by atoms with van der Waals surface area (Å²) in [5.74, 6) is -1.24. The lowest BCUT2D eigenvalue weighted by Gasteiger charge is -2.16. The van der Waals surface area contributed by atoms with Gasteiger partial charge in [0.2, 0.25) is 0 Å². The Hall–Kier alpha value is -1.49. The van der Waals surface area contributed by atoms with Crippen molar-refractivity contribution in [3.63, 3.8) is 0 Å². The van der Waals surface area contributed by atoms with Crippen LogP contribution in [0, 0.1) is 11.7 Å². The molecule has 1 aromatic rings. The number of hydrogen-bond acceptors (Lipinski definition) is 4. The van der Waals surface area contributed by atoms with E-state index in [0.29, 0.717) is 25.4 Å². The summed E-state index contributed by atoms with van der Waals surface area (Å²) < 4.78 is 18.6. The summed E-state index contributed by atoms with van der Waals surface area (Å²) >= 11 is 0. The second kappa shape index (κ2) is 5.23. The first-order chi connectivity index (χ1) is 8.24. The molecular formula is C12H15FN2O2. The van der Waals surface area contributed by atoms with Gasteiger partial charge in [-0.2, -0.15) is 0 Å². The molecular weight excluding hydrogens is 223 g/mol. The zero-order valence-electron chi connectivity index (χ0n) is 9.65. The minimum absolute atomic E-state index is 0.241. The van der Waals surface area contributed by atoms with Crippen LogP contribution < -0.4 is 5.32 Å². The van der Waals surface area contributed by atoms with E-state index in [1.807, 2.05) is 0 Å². The van der Waals surface area contributed by atoms with Gasteiger partial charge in [-0.3, -0.25) is 9.78 Å². The Kier molecular flexibility index (Phi) is 3.68. The maximum absolute atomic E-state index is 13.6. The lowest BCUT2D eigenvalue weighted by molar-refractivity contribution is -0.147. The molecule has 0 radical (unpaired) electrons. The molecule has 5 heteroatoms. The molecule has 4 nitrogen and oxygen atoms in total. The van der Waals surface area contributed by atoms with E-state index in [9.17, 15) is 9.18 Å². The molecule has 2 atom stereocenters. The maximum atomic E-state index is 13.6. The molecule has 0 aliphatic carbocycles. The van der Waals surface area contributed by atoms with Crippen molar-refractivity contribution in [2.75, 3.05) is 19.7 Å². The molecule has 0 spiro atoms. The first-order valence-electron chi connectivity index (χ1n) is 5.71. The predicted molar refractivity (Wildman–Crippen MR) is 59.9 cm³/mol. The molecule has 2 heterocycles. The zero-order valence-corrected chi connectivity index (χ0v) is 9.65. The van der Waals surface area contributed by atoms with Crippen molar-refractivity contribution in [2.24, 2.45) is 5.92 Å². The fourth-order valence-corrected chi connectivity index (χ4v) is 2.13. The van der Waals surface area contributed by atoms with Gasteiger partial charge in [0.1, 0.15) is 5.82 Å². The molecule has 92 valence electrons. The van der Waals surface area contributed by atoms with Crippen molar-refractivity contribution in [3.05, 3.63) is 29.8 Å². The Balaban J connectivity index is 2.20. The van der Waals surface area contributed by atoms with Crippen LogP contribution in [0.2, 0.25) is 0 Å². The van der Waals surface area contributed by atoms with Crippen molar-refractivity contribution in [1.82, 2.24) is 10.3 Å². The van der Waals surface area contributed by atoms with Crippen LogP contribution in [0.5, 0.6) is 0 Å². The Bertz CT molecular complexity index is 411. The third-order valence-electron chi connectivity index (χ3n) is 2.94. The normalized spacial score (nSPS) is 23.6. The average Bonchev–Trinajstić information content (AvgIpc) is 2.79. The van der Waals surface area contributed by atoms with Crippen molar-refractivity contribution in [2.45, 2.75) is 12.8 Å². The van der Waals surface area contributed by atoms with E-state index in [1.54, 1.807) is 19.2 Å². The molecule has 0 aromatic carbocycles. The third kappa shape index (κ3) is 2.44. The Labute approximate surface area is 99.2 Å². The molecule has 2 unspecified atom stereocenters. The standard InChI is InChI=1S/C12H15FN2O2/c1-2-17-12(16)9-7-14-6-8(9)11-10(13)4-3-5-15-11/h3-5,8-9,14H,2,6-7H2,1H3. The molecule has 1 aromatic heterocycles. The minimum atomic E-state index is -0.365. The van der Waals surface area contributed by atoms with E-state index in [1.165, 1.54) is 6.07 Å². The van der Waals surface area contributed by atoms with Crippen LogP contribution in [0.25, 0.3) is 0 Å². The highest BCUT2D eigenvalue weighted by atomic mass is 19.1. The summed E-state index contributed by atoms with van der Waals surface area (Å²) in [5.41, 5.74) is 0.343. The Morgan fingerprint density at radius 1 is 1.65 bits per heavy atom. The maximum Gasteiger partial charge on any atom is 0.310 e. The van der Waals surface area contributed by atoms with Gasteiger partial charge in [-0.15, -0.1) is 0 Å². The molecule has 0 amide bonds. The number of nitrogens with zero attached hydrogens (tertiary/aromatic N) is 1. The van der Waals surface area contributed by atoms with Gasteiger partial charge in [0.15, 0.2) is 0 Å². The number of halogens is 1. The fourth-order valence-electron chi connectivity index (χ4n) is 2.13. The molecule has 1 fully saturated rings. The van der Waals surface area contributed by atoms with Gasteiger partial charge in [-0.05, 0) is 19.1 Å². The smallest absolute Gasteiger partial charge is 0.310 e. The number of hydrogen-bond donors (Lipinski definition) is 1. The van der Waals surface area contributed by atoms with E-state index in [4.69, 9.17) is 4.74 Å². The Morgan fingerprint density at radius 2 is 2.47 bits per heavy atom. The second-order valence-corrected chi connectivity index (χ2v) is 3.99. The molecule has 1 saturated heterocycles. The molecule has 0 bridgehead atoms. The van der Waals surface area contributed by atoms with Crippen molar-refractivity contribution < 1.29 is 13.9 Å². The largest absolute Gasteiger partial charge is 0.466 e. The van der Waals surface area contributed by atoms with Gasteiger partial charge in [-0.1, -0.05) is 0 Å². The van der Waals surface area contributed by atoms with Crippen LogP contribution in [-0.2, 0) is 9.53 Å². The number of aromatic nitrogens is 1. The highest BCUT2D eigenvalue weighted by Crippen LogP contribution is 2.29. The van der Waals surface area contributed by atoms with E-state index < -0.39 is 0 Å². The van der Waals surface area contributed by atoms with E-state index in [2.05, 4.69) is 10.3 Å². The lowest BCUT2D eigenvalue weighted by Crippen LogP contribution is -2.25. The van der Waals surface area contributed by atoms with Gasteiger partial charge < -0.3 is 10.1 Å². The van der Waals surface area contributed by atoms with Gasteiger partial charge in [0.05, 0.1) is 18.2 Å². The van der Waals surface area contributed by atoms with Crippen LogP contribution in [-0.4, -0.2) is 30.6 Å². The van der Waals surface area contributed by atoms with Gasteiger partial charge in [0.25, 0.3) is 0 Å². The summed E-state index contributed by atoms with van der Waals surface area (Å²) in [5, 5.41) is 3.08. The van der Waals surface area contributed by atoms with Crippen LogP contribution in [0.15, 0.2) is 18.3 Å². The number of carbonyl (C=O) groups is 1. The fraction of sp³-hybridized carbons (Fsp3) is 0.500. The summed E-state index contributed by atoms with van der Waals surface area (Å²) in [4.78, 5) is 15.8. The second-order valence-electron chi connectivity index (χ2n) is 3.99. The van der Waals surface area contributed by atoms with E-state index in [0.717, 1.165) is 0 Å². The number of carbonyl (C=O) groups excluding carboxylic acids is 1. The first kappa shape index (κ1) is 12.0. The molecule has 1 aliphatic heterocycles. The van der Waals surface area contributed by atoms with Gasteiger partial charge in [-0.25, -0.2) is 4.39 Å². The topological polar surface area (TPSA) is 51.2 Å². The van der Waals surface area contributed by atoms with E-state index in [-0.39, 0.29) is 23.6 Å². The lowest BCUT2D eigenvalue weighted by atomic mass is 9.92. The summed E-state index contributed by atoms with van der Waals surface area (Å²) in [7, 11) is 0. The number of rotatable bonds is 3. The van der Waals surface area contributed by atoms with Crippen molar-refractivity contribution in [1.29, 1.82) is 0 Å². The molecule has 17 heavy (non-hydrogen) atoms. The third-order valence-corrected chi connectivity index (χ3v) is 2.94. The summed E-state index contributed by atoms with van der Waals surface area (Å²) in [6.07, 6.45) is 1.54. The number of ether oxygens (including phenoxy) is 1. The van der Waals surface area contributed by atoms with Crippen LogP contribution in [0.1, 0.15) is 18.5 Å². The SMILES string of the molecule is CCOC(=O)C1CNCC1c1ncccc1F. The number of esters is 1. The summed E-state index contributed by atoms with van der Waals surface area (Å²) in [6.45, 7) is 3.17. The predicted octanol–water partition coefficient (Wildman–Crippen LogP) is 1.09. The quantitative estimate of drug-likeness (QED) is 0.801. The molecule has 1 N–H and O–H groups in total. The number of nitrogens with one attached hydrogen (secondary N) is 1. The monoisotopic (exact) mass is 238 g/mol. The van der Waals surface area contributed by atoms with Crippen LogP contribution >= 0.6 is 0 Å². The minimum Gasteiger partial charge on any atom is -0.466 e. The van der Waals surface area contributed by atoms with E-state index >= 15 is 0 Å². The summed E-state index contributed by atoms with van der Waals surface area (Å²) in [6, 6.07) is 2.91. The molecule has 0 saturated carbocycles. The molecule has 1 aliphatic rings.